The van der Waals surface area contributed by atoms with Crippen molar-refractivity contribution in [1.29, 1.82) is 0 Å². The van der Waals surface area contributed by atoms with Gasteiger partial charge in [-0.15, -0.1) is 0 Å². The molecule has 1 aromatic carbocycles. The van der Waals surface area contributed by atoms with Crippen LogP contribution in [0.15, 0.2) is 18.2 Å². The molecular formula is C18H29NO2. The SMILES string of the molecule is CCNC(C)c1ccc(OC)cc1OC1CCCC(C)C1. The zero-order valence-corrected chi connectivity index (χ0v) is 13.8. The van der Waals surface area contributed by atoms with Gasteiger partial charge in [0, 0.05) is 17.7 Å². The number of ether oxygens (including phenoxy) is 2. The fraction of sp³-hybridized carbons (Fsp3) is 0.667. The fourth-order valence-corrected chi connectivity index (χ4v) is 3.18. The molecule has 3 unspecified atom stereocenters. The second-order valence-electron chi connectivity index (χ2n) is 6.19. The number of rotatable bonds is 6. The normalized spacial score (nSPS) is 23.6. The minimum absolute atomic E-state index is 0.289. The molecule has 0 amide bonds. The van der Waals surface area contributed by atoms with E-state index >= 15 is 0 Å². The minimum atomic E-state index is 0.289. The van der Waals surface area contributed by atoms with Gasteiger partial charge >= 0.3 is 0 Å². The van der Waals surface area contributed by atoms with Crippen molar-refractivity contribution in [1.82, 2.24) is 5.32 Å². The number of hydrogen-bond acceptors (Lipinski definition) is 3. The van der Waals surface area contributed by atoms with E-state index in [1.807, 2.05) is 12.1 Å². The van der Waals surface area contributed by atoms with Crippen LogP contribution in [0.4, 0.5) is 0 Å². The van der Waals surface area contributed by atoms with Crippen LogP contribution < -0.4 is 14.8 Å². The molecule has 0 aliphatic heterocycles. The quantitative estimate of drug-likeness (QED) is 0.846. The summed E-state index contributed by atoms with van der Waals surface area (Å²) in [7, 11) is 1.70. The van der Waals surface area contributed by atoms with Crippen molar-refractivity contribution in [2.24, 2.45) is 5.92 Å². The Morgan fingerprint density at radius 2 is 2.14 bits per heavy atom. The summed E-state index contributed by atoms with van der Waals surface area (Å²) in [6, 6.07) is 6.45. The molecule has 0 bridgehead atoms. The maximum atomic E-state index is 6.35. The molecule has 1 fully saturated rings. The second-order valence-corrected chi connectivity index (χ2v) is 6.19. The van der Waals surface area contributed by atoms with Gasteiger partial charge in [-0.2, -0.15) is 0 Å². The van der Waals surface area contributed by atoms with Crippen molar-refractivity contribution >= 4 is 0 Å². The Kier molecular flexibility index (Phi) is 5.92. The van der Waals surface area contributed by atoms with Crippen LogP contribution in [0.1, 0.15) is 58.1 Å². The Hall–Kier alpha value is -1.22. The molecule has 1 aliphatic rings. The Bertz CT molecular complexity index is 447. The first-order valence-corrected chi connectivity index (χ1v) is 8.22. The third-order valence-electron chi connectivity index (χ3n) is 4.38. The maximum Gasteiger partial charge on any atom is 0.128 e. The average Bonchev–Trinajstić information content (AvgIpc) is 2.47. The van der Waals surface area contributed by atoms with Crippen LogP contribution in [0.3, 0.4) is 0 Å². The van der Waals surface area contributed by atoms with Crippen LogP contribution in [0, 0.1) is 5.92 Å². The largest absolute Gasteiger partial charge is 0.497 e. The van der Waals surface area contributed by atoms with E-state index in [4.69, 9.17) is 9.47 Å². The molecule has 0 radical (unpaired) electrons. The Morgan fingerprint density at radius 1 is 1.33 bits per heavy atom. The van der Waals surface area contributed by atoms with E-state index in [-0.39, 0.29) is 6.04 Å². The fourth-order valence-electron chi connectivity index (χ4n) is 3.18. The monoisotopic (exact) mass is 291 g/mol. The predicted octanol–water partition coefficient (Wildman–Crippen LogP) is 4.32. The van der Waals surface area contributed by atoms with Crippen LogP contribution in [0.25, 0.3) is 0 Å². The van der Waals surface area contributed by atoms with Gasteiger partial charge in [0.1, 0.15) is 11.5 Å². The lowest BCUT2D eigenvalue weighted by Crippen LogP contribution is -2.25. The first-order valence-electron chi connectivity index (χ1n) is 8.22. The zero-order valence-electron chi connectivity index (χ0n) is 13.8. The van der Waals surface area contributed by atoms with Crippen molar-refractivity contribution in [3.05, 3.63) is 23.8 Å². The average molecular weight is 291 g/mol. The smallest absolute Gasteiger partial charge is 0.128 e. The molecule has 0 spiro atoms. The Labute approximate surface area is 129 Å². The summed E-state index contributed by atoms with van der Waals surface area (Å²) in [5.41, 5.74) is 1.22. The van der Waals surface area contributed by atoms with Crippen molar-refractivity contribution in [2.45, 2.75) is 58.6 Å². The van der Waals surface area contributed by atoms with E-state index in [9.17, 15) is 0 Å². The second kappa shape index (κ2) is 7.69. The lowest BCUT2D eigenvalue weighted by atomic mass is 9.88. The molecule has 118 valence electrons. The van der Waals surface area contributed by atoms with Crippen molar-refractivity contribution in [3.8, 4) is 11.5 Å². The summed E-state index contributed by atoms with van der Waals surface area (Å²) in [6.07, 6.45) is 5.27. The molecule has 1 aromatic rings. The molecule has 21 heavy (non-hydrogen) atoms. The summed E-state index contributed by atoms with van der Waals surface area (Å²) in [6.45, 7) is 7.58. The first kappa shape index (κ1) is 16.2. The molecular weight excluding hydrogens is 262 g/mol. The van der Waals surface area contributed by atoms with Crippen molar-refractivity contribution < 1.29 is 9.47 Å². The molecule has 3 heteroatoms. The van der Waals surface area contributed by atoms with Crippen LogP contribution >= 0.6 is 0 Å². The summed E-state index contributed by atoms with van der Waals surface area (Å²) < 4.78 is 11.7. The highest BCUT2D eigenvalue weighted by Gasteiger charge is 2.22. The number of hydrogen-bond donors (Lipinski definition) is 1. The maximum absolute atomic E-state index is 6.35. The number of benzene rings is 1. The van der Waals surface area contributed by atoms with Crippen LogP contribution in [0.5, 0.6) is 11.5 Å². The zero-order chi connectivity index (χ0) is 15.2. The van der Waals surface area contributed by atoms with Gasteiger partial charge in [-0.25, -0.2) is 0 Å². The number of methoxy groups -OCH3 is 1. The molecule has 0 aromatic heterocycles. The lowest BCUT2D eigenvalue weighted by Gasteiger charge is -2.29. The van der Waals surface area contributed by atoms with Gasteiger partial charge in [-0.3, -0.25) is 0 Å². The van der Waals surface area contributed by atoms with Gasteiger partial charge < -0.3 is 14.8 Å². The third-order valence-corrected chi connectivity index (χ3v) is 4.38. The Morgan fingerprint density at radius 3 is 2.81 bits per heavy atom. The van der Waals surface area contributed by atoms with Crippen molar-refractivity contribution in [2.75, 3.05) is 13.7 Å². The molecule has 1 aliphatic carbocycles. The van der Waals surface area contributed by atoms with Gasteiger partial charge in [0.2, 0.25) is 0 Å². The topological polar surface area (TPSA) is 30.5 Å². The minimum Gasteiger partial charge on any atom is -0.497 e. The summed E-state index contributed by atoms with van der Waals surface area (Å²) in [5.74, 6) is 2.60. The van der Waals surface area contributed by atoms with E-state index in [0.717, 1.165) is 36.8 Å². The Balaban J connectivity index is 2.17. The van der Waals surface area contributed by atoms with Gasteiger partial charge in [0.25, 0.3) is 0 Å². The molecule has 0 heterocycles. The van der Waals surface area contributed by atoms with Crippen molar-refractivity contribution in [3.63, 3.8) is 0 Å². The molecule has 0 saturated heterocycles. The van der Waals surface area contributed by atoms with E-state index < -0.39 is 0 Å². The first-order chi connectivity index (χ1) is 10.1. The highest BCUT2D eigenvalue weighted by Crippen LogP contribution is 2.33. The van der Waals surface area contributed by atoms with E-state index in [1.54, 1.807) is 7.11 Å². The number of nitrogens with one attached hydrogen (secondary N) is 1. The van der Waals surface area contributed by atoms with Gasteiger partial charge in [-0.1, -0.05) is 26.3 Å². The standard InChI is InChI=1S/C18H29NO2/c1-5-19-14(3)17-10-9-15(20-4)12-18(17)21-16-8-6-7-13(2)11-16/h9-10,12-14,16,19H,5-8,11H2,1-4H3. The highest BCUT2D eigenvalue weighted by molar-refractivity contribution is 5.42. The molecule has 3 nitrogen and oxygen atoms in total. The summed E-state index contributed by atoms with van der Waals surface area (Å²) >= 11 is 0. The summed E-state index contributed by atoms with van der Waals surface area (Å²) in [4.78, 5) is 0. The molecule has 3 atom stereocenters. The lowest BCUT2D eigenvalue weighted by molar-refractivity contribution is 0.127. The van der Waals surface area contributed by atoms with Crippen LogP contribution in [0.2, 0.25) is 0 Å². The molecule has 1 N–H and O–H groups in total. The predicted molar refractivity (Wildman–Crippen MR) is 87.1 cm³/mol. The van der Waals surface area contributed by atoms with E-state index in [0.29, 0.717) is 6.10 Å². The molecule has 1 saturated carbocycles. The van der Waals surface area contributed by atoms with Gasteiger partial charge in [-0.05, 0) is 44.7 Å². The highest BCUT2D eigenvalue weighted by atomic mass is 16.5. The third kappa shape index (κ3) is 4.37. The van der Waals surface area contributed by atoms with E-state index in [2.05, 4.69) is 32.2 Å². The molecule has 2 rings (SSSR count). The van der Waals surface area contributed by atoms with Gasteiger partial charge in [0.15, 0.2) is 0 Å². The van der Waals surface area contributed by atoms with Gasteiger partial charge in [0.05, 0.1) is 13.2 Å². The van der Waals surface area contributed by atoms with E-state index in [1.165, 1.54) is 18.4 Å². The summed E-state index contributed by atoms with van der Waals surface area (Å²) in [5, 5.41) is 3.46. The van der Waals surface area contributed by atoms with Crippen LogP contribution in [-0.2, 0) is 0 Å². The van der Waals surface area contributed by atoms with Crippen LogP contribution in [-0.4, -0.2) is 19.8 Å².